The fraction of sp³-hybridized carbons (Fsp3) is 0.600. The minimum absolute atomic E-state index is 0.210. The fourth-order valence-electron chi connectivity index (χ4n) is 2.85. The molecule has 1 fully saturated rings. The van der Waals surface area contributed by atoms with Crippen LogP contribution in [-0.2, 0) is 16.6 Å². The quantitative estimate of drug-likeness (QED) is 0.910. The second kappa shape index (κ2) is 6.04. The summed E-state index contributed by atoms with van der Waals surface area (Å²) in [6.45, 7) is 7.34. The lowest BCUT2D eigenvalue weighted by molar-refractivity contribution is 0.105. The first-order valence-corrected chi connectivity index (χ1v) is 8.73. The Labute approximate surface area is 127 Å². The highest BCUT2D eigenvalue weighted by atomic mass is 32.2. The van der Waals surface area contributed by atoms with Gasteiger partial charge in [-0.1, -0.05) is 12.1 Å². The smallest absolute Gasteiger partial charge is 0.243 e. The number of hydrogen-bond donors (Lipinski definition) is 1. The van der Waals surface area contributed by atoms with Crippen molar-refractivity contribution in [1.29, 1.82) is 0 Å². The Morgan fingerprint density at radius 3 is 2.33 bits per heavy atom. The van der Waals surface area contributed by atoms with Crippen molar-refractivity contribution in [3.63, 3.8) is 0 Å². The minimum atomic E-state index is -3.46. The van der Waals surface area contributed by atoms with Gasteiger partial charge in [0, 0.05) is 31.7 Å². The molecule has 2 N–H and O–H groups in total. The maximum atomic E-state index is 12.9. The summed E-state index contributed by atoms with van der Waals surface area (Å²) >= 11 is 0. The topological polar surface area (TPSA) is 66.6 Å². The van der Waals surface area contributed by atoms with Gasteiger partial charge in [-0.2, -0.15) is 4.31 Å². The van der Waals surface area contributed by atoms with E-state index in [1.54, 1.807) is 16.4 Å². The van der Waals surface area contributed by atoms with Crippen LogP contribution in [0.4, 0.5) is 0 Å². The molecule has 5 nitrogen and oxygen atoms in total. The fourth-order valence-corrected chi connectivity index (χ4v) is 4.72. The van der Waals surface area contributed by atoms with E-state index in [-0.39, 0.29) is 12.1 Å². The van der Waals surface area contributed by atoms with Gasteiger partial charge in [0.1, 0.15) is 0 Å². The third kappa shape index (κ3) is 2.99. The van der Waals surface area contributed by atoms with Gasteiger partial charge in [0.2, 0.25) is 10.0 Å². The average molecular weight is 311 g/mol. The van der Waals surface area contributed by atoms with Gasteiger partial charge in [-0.05, 0) is 45.0 Å². The monoisotopic (exact) mass is 311 g/mol. The van der Waals surface area contributed by atoms with E-state index >= 15 is 0 Å². The van der Waals surface area contributed by atoms with E-state index in [1.165, 1.54) is 0 Å². The summed E-state index contributed by atoms with van der Waals surface area (Å²) in [6, 6.07) is 5.74. The number of hydrogen-bond acceptors (Lipinski definition) is 4. The molecule has 21 heavy (non-hydrogen) atoms. The summed E-state index contributed by atoms with van der Waals surface area (Å²) < 4.78 is 27.5. The first-order chi connectivity index (χ1) is 9.78. The molecule has 118 valence electrons. The molecule has 2 rings (SSSR count). The van der Waals surface area contributed by atoms with Crippen molar-refractivity contribution in [3.05, 3.63) is 29.3 Å². The lowest BCUT2D eigenvalue weighted by atomic mass is 10.1. The SMILES string of the molecule is Cc1c(CN)cccc1S(=O)(=O)N1CC(C)N(C)C(C)C1. The van der Waals surface area contributed by atoms with Crippen molar-refractivity contribution in [2.75, 3.05) is 20.1 Å². The van der Waals surface area contributed by atoms with Crippen LogP contribution in [0.3, 0.4) is 0 Å². The summed E-state index contributed by atoms with van der Waals surface area (Å²) in [7, 11) is -1.42. The second-order valence-electron chi connectivity index (χ2n) is 5.93. The Balaban J connectivity index is 2.39. The van der Waals surface area contributed by atoms with Crippen LogP contribution in [0, 0.1) is 6.92 Å². The van der Waals surface area contributed by atoms with Crippen LogP contribution in [0.1, 0.15) is 25.0 Å². The highest BCUT2D eigenvalue weighted by molar-refractivity contribution is 7.89. The molecule has 1 aromatic carbocycles. The molecule has 0 bridgehead atoms. The van der Waals surface area contributed by atoms with E-state index in [0.717, 1.165) is 11.1 Å². The van der Waals surface area contributed by atoms with Crippen LogP contribution in [0.25, 0.3) is 0 Å². The van der Waals surface area contributed by atoms with E-state index in [1.807, 2.05) is 20.0 Å². The van der Waals surface area contributed by atoms with Crippen LogP contribution < -0.4 is 5.73 Å². The van der Waals surface area contributed by atoms with Crippen LogP contribution >= 0.6 is 0 Å². The Morgan fingerprint density at radius 1 is 1.24 bits per heavy atom. The summed E-state index contributed by atoms with van der Waals surface area (Å²) in [5.74, 6) is 0. The molecule has 0 radical (unpaired) electrons. The van der Waals surface area contributed by atoms with Crippen molar-refractivity contribution in [3.8, 4) is 0 Å². The zero-order valence-electron chi connectivity index (χ0n) is 13.2. The first kappa shape index (κ1) is 16.4. The Kier molecular flexibility index (Phi) is 4.72. The molecule has 0 amide bonds. The summed E-state index contributed by atoms with van der Waals surface area (Å²) in [6.07, 6.45) is 0. The maximum absolute atomic E-state index is 12.9. The molecule has 1 saturated heterocycles. The average Bonchev–Trinajstić information content (AvgIpc) is 2.44. The van der Waals surface area contributed by atoms with Gasteiger partial charge < -0.3 is 5.73 Å². The Hall–Kier alpha value is -0.950. The van der Waals surface area contributed by atoms with Crippen LogP contribution in [0.15, 0.2) is 23.1 Å². The van der Waals surface area contributed by atoms with Crippen molar-refractivity contribution in [1.82, 2.24) is 9.21 Å². The number of benzene rings is 1. The van der Waals surface area contributed by atoms with Crippen molar-refractivity contribution in [2.24, 2.45) is 5.73 Å². The van der Waals surface area contributed by atoms with Gasteiger partial charge in [0.05, 0.1) is 4.90 Å². The molecule has 0 saturated carbocycles. The molecule has 6 heteroatoms. The minimum Gasteiger partial charge on any atom is -0.326 e. The molecule has 0 spiro atoms. The lowest BCUT2D eigenvalue weighted by Gasteiger charge is -2.41. The van der Waals surface area contributed by atoms with Crippen molar-refractivity contribution < 1.29 is 8.42 Å². The molecule has 2 unspecified atom stereocenters. The maximum Gasteiger partial charge on any atom is 0.243 e. The molecular formula is C15H25N3O2S. The standard InChI is InChI=1S/C15H25N3O2S/c1-11-9-18(10-12(2)17(11)4)21(19,20)15-7-5-6-14(8-16)13(15)3/h5-7,11-12H,8-10,16H2,1-4H3. The highest BCUT2D eigenvalue weighted by Gasteiger charge is 2.35. The Morgan fingerprint density at radius 2 is 1.81 bits per heavy atom. The van der Waals surface area contributed by atoms with Crippen molar-refractivity contribution >= 4 is 10.0 Å². The molecule has 0 aliphatic carbocycles. The van der Waals surface area contributed by atoms with Crippen LogP contribution in [0.5, 0.6) is 0 Å². The molecule has 1 heterocycles. The van der Waals surface area contributed by atoms with Crippen molar-refractivity contribution in [2.45, 2.75) is 44.3 Å². The predicted octanol–water partition coefficient (Wildman–Crippen LogP) is 1.17. The molecule has 1 aliphatic rings. The predicted molar refractivity (Wildman–Crippen MR) is 84.5 cm³/mol. The van der Waals surface area contributed by atoms with Gasteiger partial charge in [0.15, 0.2) is 0 Å². The summed E-state index contributed by atoms with van der Waals surface area (Å²) in [4.78, 5) is 2.60. The number of nitrogens with two attached hydrogens (primary N) is 1. The Bertz CT molecular complexity index is 603. The van der Waals surface area contributed by atoms with E-state index in [0.29, 0.717) is 24.5 Å². The largest absolute Gasteiger partial charge is 0.326 e. The zero-order valence-corrected chi connectivity index (χ0v) is 14.0. The summed E-state index contributed by atoms with van der Waals surface area (Å²) in [5, 5.41) is 0. The van der Waals surface area contributed by atoms with Gasteiger partial charge in [-0.3, -0.25) is 4.90 Å². The third-order valence-corrected chi connectivity index (χ3v) is 6.54. The number of nitrogens with zero attached hydrogens (tertiary/aromatic N) is 2. The summed E-state index contributed by atoms with van der Waals surface area (Å²) in [5.41, 5.74) is 7.33. The molecular weight excluding hydrogens is 286 g/mol. The normalized spacial score (nSPS) is 25.2. The van der Waals surface area contributed by atoms with Gasteiger partial charge in [-0.15, -0.1) is 0 Å². The molecule has 1 aliphatic heterocycles. The van der Waals surface area contributed by atoms with E-state index in [9.17, 15) is 8.42 Å². The van der Waals surface area contributed by atoms with E-state index in [2.05, 4.69) is 18.7 Å². The highest BCUT2D eigenvalue weighted by Crippen LogP contribution is 2.25. The number of likely N-dealkylation sites (N-methyl/N-ethyl adjacent to an activating group) is 1. The molecule has 1 aromatic rings. The second-order valence-corrected chi connectivity index (χ2v) is 7.84. The van der Waals surface area contributed by atoms with Gasteiger partial charge >= 0.3 is 0 Å². The van der Waals surface area contributed by atoms with E-state index in [4.69, 9.17) is 5.73 Å². The molecule has 0 aromatic heterocycles. The first-order valence-electron chi connectivity index (χ1n) is 7.29. The van der Waals surface area contributed by atoms with Crippen LogP contribution in [0.2, 0.25) is 0 Å². The van der Waals surface area contributed by atoms with Gasteiger partial charge in [0.25, 0.3) is 0 Å². The lowest BCUT2D eigenvalue weighted by Crippen LogP contribution is -2.56. The van der Waals surface area contributed by atoms with Gasteiger partial charge in [-0.25, -0.2) is 8.42 Å². The number of piperazine rings is 1. The number of rotatable bonds is 3. The number of sulfonamides is 1. The van der Waals surface area contributed by atoms with E-state index < -0.39 is 10.0 Å². The zero-order chi connectivity index (χ0) is 15.8. The third-order valence-electron chi connectivity index (χ3n) is 4.56. The molecule has 2 atom stereocenters. The van der Waals surface area contributed by atoms with Crippen LogP contribution in [-0.4, -0.2) is 49.8 Å².